The summed E-state index contributed by atoms with van der Waals surface area (Å²) in [5, 5.41) is 15.0. The summed E-state index contributed by atoms with van der Waals surface area (Å²) in [7, 11) is 0. The van der Waals surface area contributed by atoms with Gasteiger partial charge < -0.3 is 10.6 Å². The second-order valence-electron chi connectivity index (χ2n) is 4.40. The molecule has 2 atom stereocenters. The summed E-state index contributed by atoms with van der Waals surface area (Å²) >= 11 is 11.7. The lowest BCUT2D eigenvalue weighted by molar-refractivity contribution is -0.126. The van der Waals surface area contributed by atoms with Crippen molar-refractivity contribution in [3.63, 3.8) is 0 Å². The monoisotopic (exact) mass is 311 g/mol. The van der Waals surface area contributed by atoms with Crippen molar-refractivity contribution in [2.75, 3.05) is 0 Å². The van der Waals surface area contributed by atoms with Gasteiger partial charge in [0, 0.05) is 6.42 Å². The molecule has 2 rings (SSSR count). The van der Waals surface area contributed by atoms with Gasteiger partial charge in [-0.15, -0.1) is 0 Å². The van der Waals surface area contributed by atoms with E-state index in [9.17, 15) is 9.59 Å². The molecule has 1 aliphatic heterocycles. The fraction of sp³-hybridized carbons (Fsp3) is 0.308. The summed E-state index contributed by atoms with van der Waals surface area (Å²) in [6.07, 6.45) is 0.756. The van der Waals surface area contributed by atoms with E-state index in [1.165, 1.54) is 6.07 Å². The predicted octanol–water partition coefficient (Wildman–Crippen LogP) is 1.95. The van der Waals surface area contributed by atoms with E-state index in [0.29, 0.717) is 28.5 Å². The van der Waals surface area contributed by atoms with Gasteiger partial charge in [0.05, 0.1) is 16.1 Å². The molecule has 0 aliphatic carbocycles. The summed E-state index contributed by atoms with van der Waals surface area (Å²) < 4.78 is 0. The molecule has 1 aliphatic rings. The smallest absolute Gasteiger partial charge is 0.243 e. The van der Waals surface area contributed by atoms with Gasteiger partial charge in [-0.3, -0.25) is 9.59 Å². The first-order valence-corrected chi connectivity index (χ1v) is 6.71. The third-order valence-electron chi connectivity index (χ3n) is 3.00. The number of carbonyl (C=O) groups excluding carboxylic acids is 2. The third-order valence-corrected chi connectivity index (χ3v) is 3.74. The molecule has 5 nitrogen and oxygen atoms in total. The van der Waals surface area contributed by atoms with Gasteiger partial charge in [0.25, 0.3) is 0 Å². The Hall–Kier alpha value is -1.77. The molecule has 1 aromatic carbocycles. The molecule has 20 heavy (non-hydrogen) atoms. The highest BCUT2D eigenvalue weighted by atomic mass is 35.5. The van der Waals surface area contributed by atoms with Crippen LogP contribution in [0.1, 0.15) is 24.4 Å². The third kappa shape index (κ3) is 3.21. The van der Waals surface area contributed by atoms with Crippen molar-refractivity contribution in [3.05, 3.63) is 33.8 Å². The molecule has 0 bridgehead atoms. The van der Waals surface area contributed by atoms with Crippen LogP contribution in [0.25, 0.3) is 0 Å². The molecule has 0 radical (unpaired) electrons. The van der Waals surface area contributed by atoms with Crippen LogP contribution in [0.3, 0.4) is 0 Å². The molecule has 0 spiro atoms. The van der Waals surface area contributed by atoms with E-state index in [1.54, 1.807) is 12.1 Å². The summed E-state index contributed by atoms with van der Waals surface area (Å²) in [5.41, 5.74) is 0.541. The quantitative estimate of drug-likeness (QED) is 0.895. The Balaban J connectivity index is 2.09. The van der Waals surface area contributed by atoms with Crippen molar-refractivity contribution >= 4 is 35.0 Å². The van der Waals surface area contributed by atoms with Gasteiger partial charge >= 0.3 is 0 Å². The number of benzene rings is 1. The fourth-order valence-electron chi connectivity index (χ4n) is 1.94. The van der Waals surface area contributed by atoms with Gasteiger partial charge in [0.1, 0.15) is 12.1 Å². The maximum Gasteiger partial charge on any atom is 0.243 e. The van der Waals surface area contributed by atoms with Crippen LogP contribution in [0.2, 0.25) is 10.0 Å². The number of nitrogens with one attached hydrogen (secondary N) is 2. The van der Waals surface area contributed by atoms with Gasteiger partial charge in [-0.25, -0.2) is 0 Å². The van der Waals surface area contributed by atoms with Crippen LogP contribution >= 0.6 is 23.2 Å². The first-order chi connectivity index (χ1) is 9.51. The summed E-state index contributed by atoms with van der Waals surface area (Å²) in [6, 6.07) is 5.28. The largest absolute Gasteiger partial charge is 0.344 e. The number of hydrogen-bond acceptors (Lipinski definition) is 3. The normalized spacial score (nSPS) is 19.1. The van der Waals surface area contributed by atoms with E-state index in [4.69, 9.17) is 28.5 Å². The van der Waals surface area contributed by atoms with Crippen molar-refractivity contribution in [2.24, 2.45) is 0 Å². The molecular weight excluding hydrogens is 301 g/mol. The second-order valence-corrected chi connectivity index (χ2v) is 5.22. The fourth-order valence-corrected chi connectivity index (χ4v) is 2.24. The van der Waals surface area contributed by atoms with Crippen molar-refractivity contribution in [1.29, 1.82) is 5.26 Å². The van der Waals surface area contributed by atoms with Crippen molar-refractivity contribution in [3.8, 4) is 6.07 Å². The average Bonchev–Trinajstić information content (AvgIpc) is 2.86. The summed E-state index contributed by atoms with van der Waals surface area (Å²) in [6.45, 7) is 0. The Labute approximate surface area is 125 Å². The first-order valence-electron chi connectivity index (χ1n) is 5.95. The van der Waals surface area contributed by atoms with E-state index in [2.05, 4.69) is 10.6 Å². The molecule has 0 saturated carbocycles. The summed E-state index contributed by atoms with van der Waals surface area (Å²) in [5.74, 6) is -0.540. The van der Waals surface area contributed by atoms with Crippen molar-refractivity contribution in [2.45, 2.75) is 24.9 Å². The molecule has 0 aromatic heterocycles. The Kier molecular flexibility index (Phi) is 4.48. The number of nitrogens with zero attached hydrogens (tertiary/aromatic N) is 1. The topological polar surface area (TPSA) is 82.0 Å². The Bertz CT molecular complexity index is 598. The lowest BCUT2D eigenvalue weighted by Gasteiger charge is -2.16. The zero-order valence-electron chi connectivity index (χ0n) is 10.3. The molecule has 1 heterocycles. The minimum atomic E-state index is -0.838. The maximum absolute atomic E-state index is 11.9. The van der Waals surface area contributed by atoms with Gasteiger partial charge in [-0.2, -0.15) is 5.26 Å². The molecule has 7 heteroatoms. The molecule has 1 saturated heterocycles. The number of halogens is 2. The van der Waals surface area contributed by atoms with Crippen LogP contribution in [-0.4, -0.2) is 17.9 Å². The molecule has 0 unspecified atom stereocenters. The van der Waals surface area contributed by atoms with E-state index >= 15 is 0 Å². The lowest BCUT2D eigenvalue weighted by atomic mass is 10.1. The van der Waals surface area contributed by atoms with Gasteiger partial charge in [-0.1, -0.05) is 29.3 Å². The average molecular weight is 312 g/mol. The van der Waals surface area contributed by atoms with Crippen LogP contribution < -0.4 is 10.6 Å². The zero-order valence-corrected chi connectivity index (χ0v) is 11.8. The molecule has 1 fully saturated rings. The number of carbonyl (C=O) groups is 2. The number of hydrogen-bond donors (Lipinski definition) is 2. The minimum absolute atomic E-state index is 0.159. The van der Waals surface area contributed by atoms with Crippen molar-refractivity contribution < 1.29 is 9.59 Å². The van der Waals surface area contributed by atoms with Gasteiger partial charge in [0.2, 0.25) is 11.8 Å². The summed E-state index contributed by atoms with van der Waals surface area (Å²) in [4.78, 5) is 23.0. The number of amides is 2. The van der Waals surface area contributed by atoms with Crippen LogP contribution in [0.4, 0.5) is 0 Å². The van der Waals surface area contributed by atoms with Crippen molar-refractivity contribution in [1.82, 2.24) is 10.6 Å². The highest BCUT2D eigenvalue weighted by molar-refractivity contribution is 6.42. The zero-order chi connectivity index (χ0) is 14.7. The van der Waals surface area contributed by atoms with E-state index in [1.807, 2.05) is 6.07 Å². The Morgan fingerprint density at radius 3 is 2.75 bits per heavy atom. The maximum atomic E-state index is 11.9. The standard InChI is InChI=1S/C13H11Cl2N3O2/c14-8-2-1-7(5-9(8)15)11(6-16)18-13(20)10-3-4-12(19)17-10/h1-2,5,10-11H,3-4H2,(H,17,19)(H,18,20)/t10-,11-/m0/s1. The number of rotatable bonds is 3. The molecule has 2 amide bonds. The van der Waals surface area contributed by atoms with Gasteiger partial charge in [0.15, 0.2) is 0 Å². The predicted molar refractivity (Wildman–Crippen MR) is 74.1 cm³/mol. The lowest BCUT2D eigenvalue weighted by Crippen LogP contribution is -2.42. The van der Waals surface area contributed by atoms with E-state index in [-0.39, 0.29) is 11.8 Å². The number of nitriles is 1. The first kappa shape index (κ1) is 14.6. The van der Waals surface area contributed by atoms with Crippen LogP contribution in [0.5, 0.6) is 0 Å². The highest BCUT2D eigenvalue weighted by Gasteiger charge is 2.28. The highest BCUT2D eigenvalue weighted by Crippen LogP contribution is 2.25. The van der Waals surface area contributed by atoms with Crippen LogP contribution in [0, 0.1) is 11.3 Å². The van der Waals surface area contributed by atoms with Crippen LogP contribution in [-0.2, 0) is 9.59 Å². The molecular formula is C13H11Cl2N3O2. The molecule has 2 N–H and O–H groups in total. The van der Waals surface area contributed by atoms with E-state index in [0.717, 1.165) is 0 Å². The van der Waals surface area contributed by atoms with Crippen LogP contribution in [0.15, 0.2) is 18.2 Å². The minimum Gasteiger partial charge on any atom is -0.344 e. The van der Waals surface area contributed by atoms with E-state index < -0.39 is 12.1 Å². The molecule has 1 aromatic rings. The molecule has 104 valence electrons. The second kappa shape index (κ2) is 6.12. The van der Waals surface area contributed by atoms with Gasteiger partial charge in [-0.05, 0) is 24.1 Å². The Morgan fingerprint density at radius 2 is 2.20 bits per heavy atom. The Morgan fingerprint density at radius 1 is 1.45 bits per heavy atom. The SMILES string of the molecule is N#C[C@H](NC(=O)[C@@H]1CCC(=O)N1)c1ccc(Cl)c(Cl)c1.